The van der Waals surface area contributed by atoms with Crippen LogP contribution in [0.15, 0.2) is 18.2 Å². The Hall–Kier alpha value is -1.84. The van der Waals surface area contributed by atoms with Crippen molar-refractivity contribution in [3.63, 3.8) is 0 Å². The number of carbonyl (C=O) groups is 2. The average molecular weight is 302 g/mol. The first-order valence-electron chi connectivity index (χ1n) is 7.85. The van der Waals surface area contributed by atoms with Gasteiger partial charge in [0.25, 0.3) is 0 Å². The van der Waals surface area contributed by atoms with Gasteiger partial charge in [-0.1, -0.05) is 26.8 Å². The van der Waals surface area contributed by atoms with Crippen LogP contribution >= 0.6 is 0 Å². The second-order valence-electron chi connectivity index (χ2n) is 7.48. The molecule has 0 radical (unpaired) electrons. The molecule has 0 unspecified atom stereocenters. The van der Waals surface area contributed by atoms with Crippen LogP contribution in [0.1, 0.15) is 44.7 Å². The number of rotatable bonds is 3. The molecule has 0 aliphatic carbocycles. The molecule has 4 nitrogen and oxygen atoms in total. The van der Waals surface area contributed by atoms with Crippen molar-refractivity contribution < 1.29 is 9.59 Å². The molecule has 0 saturated carbocycles. The number of nitrogens with zero attached hydrogens (tertiary/aromatic N) is 1. The first kappa shape index (κ1) is 16.5. The molecule has 0 spiro atoms. The van der Waals surface area contributed by atoms with Crippen LogP contribution in [0.2, 0.25) is 0 Å². The van der Waals surface area contributed by atoms with Crippen molar-refractivity contribution >= 4 is 17.5 Å². The van der Waals surface area contributed by atoms with Gasteiger partial charge in [0.2, 0.25) is 11.8 Å². The van der Waals surface area contributed by atoms with Crippen LogP contribution < -0.4 is 10.2 Å². The zero-order chi connectivity index (χ0) is 16.5. The molecule has 4 heteroatoms. The summed E-state index contributed by atoms with van der Waals surface area (Å²) < 4.78 is 0. The predicted octanol–water partition coefficient (Wildman–Crippen LogP) is 2.96. The van der Waals surface area contributed by atoms with E-state index in [4.69, 9.17) is 0 Å². The molecule has 1 N–H and O–H groups in total. The van der Waals surface area contributed by atoms with Crippen LogP contribution in [-0.2, 0) is 9.59 Å². The van der Waals surface area contributed by atoms with Crippen molar-refractivity contribution in [2.24, 2.45) is 5.41 Å². The van der Waals surface area contributed by atoms with Gasteiger partial charge in [-0.05, 0) is 48.9 Å². The molecule has 0 aromatic heterocycles. The van der Waals surface area contributed by atoms with Gasteiger partial charge in [0.1, 0.15) is 6.04 Å². The fourth-order valence-corrected chi connectivity index (χ4v) is 2.90. The van der Waals surface area contributed by atoms with Crippen LogP contribution in [0.25, 0.3) is 0 Å². The van der Waals surface area contributed by atoms with E-state index in [9.17, 15) is 9.59 Å². The highest BCUT2D eigenvalue weighted by atomic mass is 16.2. The zero-order valence-electron chi connectivity index (χ0n) is 14.2. The zero-order valence-corrected chi connectivity index (χ0v) is 14.2. The first-order chi connectivity index (χ1) is 10.2. The lowest BCUT2D eigenvalue weighted by molar-refractivity contribution is -0.127. The van der Waals surface area contributed by atoms with Gasteiger partial charge in [-0.3, -0.25) is 9.59 Å². The van der Waals surface area contributed by atoms with Crippen LogP contribution in [0.5, 0.6) is 0 Å². The molecular formula is C18H26N2O2. The highest BCUT2D eigenvalue weighted by molar-refractivity contribution is 6.01. The summed E-state index contributed by atoms with van der Waals surface area (Å²) in [5.74, 6) is -0.0552. The van der Waals surface area contributed by atoms with Crippen LogP contribution in [0.3, 0.4) is 0 Å². The van der Waals surface area contributed by atoms with E-state index in [1.807, 2.05) is 46.8 Å². The predicted molar refractivity (Wildman–Crippen MR) is 88.9 cm³/mol. The van der Waals surface area contributed by atoms with E-state index in [0.29, 0.717) is 19.4 Å². The largest absolute Gasteiger partial charge is 0.344 e. The van der Waals surface area contributed by atoms with E-state index in [2.05, 4.69) is 11.4 Å². The maximum atomic E-state index is 12.5. The molecule has 0 bridgehead atoms. The quantitative estimate of drug-likeness (QED) is 0.933. The monoisotopic (exact) mass is 302 g/mol. The molecule has 2 amide bonds. The van der Waals surface area contributed by atoms with Gasteiger partial charge in [0.15, 0.2) is 0 Å². The van der Waals surface area contributed by atoms with Gasteiger partial charge in [-0.15, -0.1) is 0 Å². The van der Waals surface area contributed by atoms with E-state index in [1.54, 1.807) is 4.90 Å². The van der Waals surface area contributed by atoms with Gasteiger partial charge in [0, 0.05) is 18.7 Å². The molecule has 1 aliphatic rings. The SMILES string of the molecule is Cc1cc(C)cc(N2CC[C@@H](NC(=O)CC(C)(C)C)C2=O)c1. The van der Waals surface area contributed by atoms with Crippen LogP contribution in [-0.4, -0.2) is 24.4 Å². The van der Waals surface area contributed by atoms with Crippen molar-refractivity contribution in [1.29, 1.82) is 0 Å². The lowest BCUT2D eigenvalue weighted by atomic mass is 9.92. The van der Waals surface area contributed by atoms with Crippen molar-refractivity contribution in [1.82, 2.24) is 5.32 Å². The van der Waals surface area contributed by atoms with E-state index >= 15 is 0 Å². The number of nitrogens with one attached hydrogen (secondary N) is 1. The van der Waals surface area contributed by atoms with E-state index in [1.165, 1.54) is 0 Å². The summed E-state index contributed by atoms with van der Waals surface area (Å²) in [5.41, 5.74) is 3.14. The fraction of sp³-hybridized carbons (Fsp3) is 0.556. The van der Waals surface area contributed by atoms with E-state index < -0.39 is 6.04 Å². The highest BCUT2D eigenvalue weighted by Crippen LogP contribution is 2.25. The maximum absolute atomic E-state index is 12.5. The van der Waals surface area contributed by atoms with Gasteiger partial charge >= 0.3 is 0 Å². The van der Waals surface area contributed by atoms with Crippen molar-refractivity contribution in [2.45, 2.75) is 53.5 Å². The summed E-state index contributed by atoms with van der Waals surface area (Å²) in [6.45, 7) is 10.8. The molecule has 1 atom stereocenters. The lowest BCUT2D eigenvalue weighted by Crippen LogP contribution is -2.42. The van der Waals surface area contributed by atoms with Gasteiger partial charge < -0.3 is 10.2 Å². The maximum Gasteiger partial charge on any atom is 0.249 e. The molecule has 1 saturated heterocycles. The van der Waals surface area contributed by atoms with Gasteiger partial charge in [-0.25, -0.2) is 0 Å². The normalized spacial score (nSPS) is 18.7. The number of anilines is 1. The Kier molecular flexibility index (Phi) is 4.59. The number of amides is 2. The Labute approximate surface area is 132 Å². The van der Waals surface area contributed by atoms with E-state index in [0.717, 1.165) is 16.8 Å². The standard InChI is InChI=1S/C18H26N2O2/c1-12-8-13(2)10-14(9-12)20-7-6-15(17(20)22)19-16(21)11-18(3,4)5/h8-10,15H,6-7,11H2,1-5H3,(H,19,21)/t15-/m1/s1. The highest BCUT2D eigenvalue weighted by Gasteiger charge is 2.34. The van der Waals surface area contributed by atoms with Gasteiger partial charge in [-0.2, -0.15) is 0 Å². The lowest BCUT2D eigenvalue weighted by Gasteiger charge is -2.20. The molecule has 120 valence electrons. The summed E-state index contributed by atoms with van der Waals surface area (Å²) >= 11 is 0. The second kappa shape index (κ2) is 6.11. The average Bonchev–Trinajstić information content (AvgIpc) is 2.67. The molecule has 2 rings (SSSR count). The van der Waals surface area contributed by atoms with Gasteiger partial charge in [0.05, 0.1) is 0 Å². The molecule has 1 aliphatic heterocycles. The smallest absolute Gasteiger partial charge is 0.249 e. The van der Waals surface area contributed by atoms with E-state index in [-0.39, 0.29) is 17.2 Å². The van der Waals surface area contributed by atoms with Crippen LogP contribution in [0.4, 0.5) is 5.69 Å². The summed E-state index contributed by atoms with van der Waals surface area (Å²) in [6.07, 6.45) is 1.10. The third kappa shape index (κ3) is 4.09. The Morgan fingerprint density at radius 3 is 2.36 bits per heavy atom. The number of aryl methyl sites for hydroxylation is 2. The Morgan fingerprint density at radius 2 is 1.82 bits per heavy atom. The number of carbonyl (C=O) groups excluding carboxylic acids is 2. The Morgan fingerprint density at radius 1 is 1.23 bits per heavy atom. The molecular weight excluding hydrogens is 276 g/mol. The van der Waals surface area contributed by atoms with Crippen LogP contribution in [0, 0.1) is 19.3 Å². The third-order valence-corrected chi connectivity index (χ3v) is 3.75. The third-order valence-electron chi connectivity index (χ3n) is 3.75. The number of benzene rings is 1. The summed E-state index contributed by atoms with van der Waals surface area (Å²) in [4.78, 5) is 26.4. The topological polar surface area (TPSA) is 49.4 Å². The molecule has 1 aromatic carbocycles. The van der Waals surface area contributed by atoms with Crippen molar-refractivity contribution in [2.75, 3.05) is 11.4 Å². The fourth-order valence-electron chi connectivity index (χ4n) is 2.90. The minimum atomic E-state index is -0.393. The minimum absolute atomic E-state index is 0.00717. The summed E-state index contributed by atoms with van der Waals surface area (Å²) in [6, 6.07) is 5.73. The molecule has 22 heavy (non-hydrogen) atoms. The molecule has 1 heterocycles. The Bertz CT molecular complexity index is 567. The summed E-state index contributed by atoms with van der Waals surface area (Å²) in [7, 11) is 0. The molecule has 1 fully saturated rings. The minimum Gasteiger partial charge on any atom is -0.344 e. The number of hydrogen-bond acceptors (Lipinski definition) is 2. The van der Waals surface area contributed by atoms with Crippen molar-refractivity contribution in [3.8, 4) is 0 Å². The first-order valence-corrected chi connectivity index (χ1v) is 7.85. The number of hydrogen-bond donors (Lipinski definition) is 1. The van der Waals surface area contributed by atoms with Crippen molar-refractivity contribution in [3.05, 3.63) is 29.3 Å². The molecule has 1 aromatic rings. The second-order valence-corrected chi connectivity index (χ2v) is 7.48. The Balaban J connectivity index is 2.05. The summed E-state index contributed by atoms with van der Waals surface area (Å²) in [5, 5.41) is 2.88.